The smallest absolute Gasteiger partial charge is 0.415 e. The fourth-order valence-corrected chi connectivity index (χ4v) is 2.79. The van der Waals surface area contributed by atoms with E-state index >= 15 is 0 Å². The number of anilines is 1. The molecule has 3 heteroatoms. The molecule has 1 heterocycles. The molecule has 0 aliphatic carbocycles. The topological polar surface area (TPSA) is 29.5 Å². The molecule has 0 saturated carbocycles. The van der Waals surface area contributed by atoms with Crippen LogP contribution < -0.4 is 4.90 Å². The van der Waals surface area contributed by atoms with Crippen LogP contribution in [-0.2, 0) is 10.3 Å². The van der Waals surface area contributed by atoms with Gasteiger partial charge in [0.1, 0.15) is 5.60 Å². The first-order chi connectivity index (χ1) is 9.54. The second-order valence-electron chi connectivity index (χ2n) is 5.70. The van der Waals surface area contributed by atoms with Crippen LogP contribution in [0, 0.1) is 5.92 Å². The highest BCUT2D eigenvalue weighted by molar-refractivity contribution is 5.91. The van der Waals surface area contributed by atoms with Crippen molar-refractivity contribution in [3.05, 3.63) is 35.7 Å². The Labute approximate surface area is 121 Å². The highest BCUT2D eigenvalue weighted by Gasteiger charge is 2.42. The number of benzene rings is 1. The molecule has 0 bridgehead atoms. The average Bonchev–Trinajstić information content (AvgIpc) is 2.45. The van der Waals surface area contributed by atoms with Gasteiger partial charge in [-0.3, -0.25) is 4.90 Å². The summed E-state index contributed by atoms with van der Waals surface area (Å²) in [7, 11) is 0. The number of hydrogen-bond acceptors (Lipinski definition) is 2. The number of cyclic esters (lactones) is 1. The van der Waals surface area contributed by atoms with Crippen LogP contribution in [0.25, 0.3) is 0 Å². The summed E-state index contributed by atoms with van der Waals surface area (Å²) in [6.45, 7) is 9.01. The van der Waals surface area contributed by atoms with E-state index in [1.807, 2.05) is 18.2 Å². The number of amides is 1. The first kappa shape index (κ1) is 14.9. The second-order valence-corrected chi connectivity index (χ2v) is 5.70. The van der Waals surface area contributed by atoms with Crippen LogP contribution in [0.2, 0.25) is 0 Å². The number of hydrogen-bond donors (Lipinski definition) is 0. The van der Waals surface area contributed by atoms with Gasteiger partial charge in [0, 0.05) is 12.1 Å². The SMILES string of the molecule is CCC1(CC)OC(=O)N(CC[C](C)C)c2ccccc21. The molecule has 109 valence electrons. The van der Waals surface area contributed by atoms with Gasteiger partial charge in [-0.15, -0.1) is 0 Å². The van der Waals surface area contributed by atoms with E-state index < -0.39 is 5.60 Å². The molecule has 0 fully saturated rings. The molecule has 0 unspecified atom stereocenters. The van der Waals surface area contributed by atoms with Crippen molar-refractivity contribution in [2.75, 3.05) is 11.4 Å². The fraction of sp³-hybridized carbons (Fsp3) is 0.529. The van der Waals surface area contributed by atoms with Gasteiger partial charge in [-0.2, -0.15) is 0 Å². The van der Waals surface area contributed by atoms with Crippen molar-refractivity contribution < 1.29 is 9.53 Å². The molecule has 2 rings (SSSR count). The van der Waals surface area contributed by atoms with Crippen molar-refractivity contribution in [1.29, 1.82) is 0 Å². The van der Waals surface area contributed by atoms with Crippen LogP contribution in [0.1, 0.15) is 52.5 Å². The number of carbonyl (C=O) groups excluding carboxylic acids is 1. The lowest BCUT2D eigenvalue weighted by molar-refractivity contribution is -0.00110. The molecule has 0 N–H and O–H groups in total. The summed E-state index contributed by atoms with van der Waals surface area (Å²) in [5.74, 6) is 1.32. The van der Waals surface area contributed by atoms with Crippen molar-refractivity contribution in [1.82, 2.24) is 0 Å². The Morgan fingerprint density at radius 2 is 1.85 bits per heavy atom. The molecule has 0 atom stereocenters. The van der Waals surface area contributed by atoms with Crippen molar-refractivity contribution in [3.63, 3.8) is 0 Å². The van der Waals surface area contributed by atoms with Gasteiger partial charge < -0.3 is 4.74 Å². The quantitative estimate of drug-likeness (QED) is 0.781. The number of nitrogens with zero attached hydrogens (tertiary/aromatic N) is 1. The zero-order chi connectivity index (χ0) is 14.8. The maximum Gasteiger partial charge on any atom is 0.415 e. The molecule has 20 heavy (non-hydrogen) atoms. The Balaban J connectivity index is 2.40. The third kappa shape index (κ3) is 2.54. The number of carbonyl (C=O) groups is 1. The van der Waals surface area contributed by atoms with Crippen molar-refractivity contribution in [2.45, 2.75) is 52.6 Å². The van der Waals surface area contributed by atoms with Gasteiger partial charge in [-0.1, -0.05) is 45.9 Å². The number of rotatable bonds is 5. The second kappa shape index (κ2) is 5.86. The summed E-state index contributed by atoms with van der Waals surface area (Å²) >= 11 is 0. The van der Waals surface area contributed by atoms with Gasteiger partial charge in [-0.05, 0) is 31.2 Å². The lowest BCUT2D eigenvalue weighted by Crippen LogP contribution is -2.46. The van der Waals surface area contributed by atoms with E-state index in [0.717, 1.165) is 30.5 Å². The molecule has 1 aliphatic rings. The molecule has 1 aromatic carbocycles. The zero-order valence-corrected chi connectivity index (χ0v) is 12.9. The van der Waals surface area contributed by atoms with Gasteiger partial charge in [0.2, 0.25) is 0 Å². The predicted octanol–water partition coefficient (Wildman–Crippen LogP) is 4.66. The number of fused-ring (bicyclic) bond motifs is 1. The van der Waals surface area contributed by atoms with Crippen LogP contribution in [-0.4, -0.2) is 12.6 Å². The van der Waals surface area contributed by atoms with Crippen LogP contribution in [0.5, 0.6) is 0 Å². The minimum absolute atomic E-state index is 0.214. The Morgan fingerprint density at radius 3 is 2.45 bits per heavy atom. The van der Waals surface area contributed by atoms with E-state index in [1.165, 1.54) is 5.92 Å². The van der Waals surface area contributed by atoms with Crippen LogP contribution >= 0.6 is 0 Å². The zero-order valence-electron chi connectivity index (χ0n) is 12.9. The third-order valence-electron chi connectivity index (χ3n) is 4.17. The Morgan fingerprint density at radius 1 is 1.20 bits per heavy atom. The molecule has 3 nitrogen and oxygen atoms in total. The van der Waals surface area contributed by atoms with Crippen molar-refractivity contribution in [3.8, 4) is 0 Å². The Bertz CT molecular complexity index is 478. The fourth-order valence-electron chi connectivity index (χ4n) is 2.79. The summed E-state index contributed by atoms with van der Waals surface area (Å²) < 4.78 is 5.82. The van der Waals surface area contributed by atoms with Gasteiger partial charge in [-0.25, -0.2) is 4.79 Å². The molecular formula is C17H24NO2. The maximum atomic E-state index is 12.4. The summed E-state index contributed by atoms with van der Waals surface area (Å²) in [6.07, 6.45) is 2.29. The van der Waals surface area contributed by atoms with Crippen LogP contribution in [0.3, 0.4) is 0 Å². The van der Waals surface area contributed by atoms with E-state index in [1.54, 1.807) is 4.90 Å². The highest BCUT2D eigenvalue weighted by atomic mass is 16.6. The van der Waals surface area contributed by atoms with E-state index in [4.69, 9.17) is 4.74 Å². The van der Waals surface area contributed by atoms with E-state index in [9.17, 15) is 4.79 Å². The summed E-state index contributed by atoms with van der Waals surface area (Å²) in [5, 5.41) is 0. The van der Waals surface area contributed by atoms with Gasteiger partial charge in [0.05, 0.1) is 5.69 Å². The molecule has 0 aromatic heterocycles. The standard InChI is InChI=1S/C17H24NO2/c1-5-17(6-2)14-9-7-8-10-15(14)18(16(19)20-17)12-11-13(3)4/h7-10H,5-6,11-12H2,1-4H3. The number of ether oxygens (including phenoxy) is 1. The average molecular weight is 274 g/mol. The van der Waals surface area contributed by atoms with Crippen molar-refractivity contribution in [2.24, 2.45) is 0 Å². The molecule has 0 saturated heterocycles. The Hall–Kier alpha value is -1.51. The monoisotopic (exact) mass is 274 g/mol. The first-order valence-corrected chi connectivity index (χ1v) is 7.43. The third-order valence-corrected chi connectivity index (χ3v) is 4.17. The largest absolute Gasteiger partial charge is 0.438 e. The molecule has 1 radical (unpaired) electrons. The van der Waals surface area contributed by atoms with Crippen LogP contribution in [0.4, 0.5) is 10.5 Å². The minimum atomic E-state index is -0.463. The Kier molecular flexibility index (Phi) is 4.36. The predicted molar refractivity (Wildman–Crippen MR) is 81.7 cm³/mol. The normalized spacial score (nSPS) is 17.1. The van der Waals surface area contributed by atoms with E-state index in [0.29, 0.717) is 6.54 Å². The van der Waals surface area contributed by atoms with Gasteiger partial charge in [0.25, 0.3) is 0 Å². The highest BCUT2D eigenvalue weighted by Crippen LogP contribution is 2.43. The van der Waals surface area contributed by atoms with E-state index in [2.05, 4.69) is 33.8 Å². The van der Waals surface area contributed by atoms with Gasteiger partial charge >= 0.3 is 6.09 Å². The maximum absolute atomic E-state index is 12.4. The summed E-state index contributed by atoms with van der Waals surface area (Å²) in [6, 6.07) is 8.13. The summed E-state index contributed by atoms with van der Waals surface area (Å²) in [5.41, 5.74) is 1.68. The molecule has 1 amide bonds. The minimum Gasteiger partial charge on any atom is -0.438 e. The van der Waals surface area contributed by atoms with E-state index in [-0.39, 0.29) is 6.09 Å². The molecule has 0 spiro atoms. The number of para-hydroxylation sites is 1. The first-order valence-electron chi connectivity index (χ1n) is 7.43. The lowest BCUT2D eigenvalue weighted by Gasteiger charge is -2.42. The van der Waals surface area contributed by atoms with Gasteiger partial charge in [0.15, 0.2) is 0 Å². The lowest BCUT2D eigenvalue weighted by atomic mass is 9.85. The molecule has 1 aromatic rings. The molecular weight excluding hydrogens is 250 g/mol. The molecule has 1 aliphatic heterocycles. The van der Waals surface area contributed by atoms with Crippen molar-refractivity contribution >= 4 is 11.8 Å². The summed E-state index contributed by atoms with van der Waals surface area (Å²) in [4.78, 5) is 14.2. The van der Waals surface area contributed by atoms with Crippen LogP contribution in [0.15, 0.2) is 24.3 Å².